The van der Waals surface area contributed by atoms with Crippen LogP contribution in [-0.4, -0.2) is 92.9 Å². The number of piperidine rings is 1. The second-order valence-electron chi connectivity index (χ2n) is 11.0. The van der Waals surface area contributed by atoms with Crippen LogP contribution in [0.5, 0.6) is 5.75 Å². The van der Waals surface area contributed by atoms with Crippen molar-refractivity contribution >= 4 is 19.9 Å². The molecule has 228 valence electrons. The monoisotopic (exact) mass is 618 g/mol. The molecule has 0 bridgehead atoms. The number of hydrogen-bond acceptors (Lipinski definition) is 9. The van der Waals surface area contributed by atoms with Crippen molar-refractivity contribution in [2.24, 2.45) is 0 Å². The van der Waals surface area contributed by atoms with Crippen LogP contribution in [0.25, 0.3) is 11.1 Å². The molecule has 1 aromatic heterocycles. The van der Waals surface area contributed by atoms with Crippen LogP contribution in [0.1, 0.15) is 26.2 Å². The van der Waals surface area contributed by atoms with Gasteiger partial charge in [-0.15, -0.1) is 0 Å². The van der Waals surface area contributed by atoms with Crippen LogP contribution in [0.15, 0.2) is 70.7 Å². The molecule has 2 aliphatic rings. The Kier molecular flexibility index (Phi) is 9.07. The van der Waals surface area contributed by atoms with Gasteiger partial charge in [0.15, 0.2) is 9.84 Å². The average Bonchev–Trinajstić information content (AvgIpc) is 3.62. The number of benzene rings is 2. The van der Waals surface area contributed by atoms with Gasteiger partial charge in [0.2, 0.25) is 10.0 Å². The maximum absolute atomic E-state index is 13.5. The van der Waals surface area contributed by atoms with Gasteiger partial charge in [0.05, 0.1) is 28.2 Å². The lowest BCUT2D eigenvalue weighted by Gasteiger charge is -2.38. The van der Waals surface area contributed by atoms with Crippen molar-refractivity contribution in [3.8, 4) is 16.9 Å². The topological polar surface area (TPSA) is 140 Å². The second-order valence-corrected chi connectivity index (χ2v) is 15.0. The summed E-state index contributed by atoms with van der Waals surface area (Å²) >= 11 is 0. The zero-order valence-electron chi connectivity index (χ0n) is 23.8. The van der Waals surface area contributed by atoms with Crippen molar-refractivity contribution < 1.29 is 31.4 Å². The highest BCUT2D eigenvalue weighted by molar-refractivity contribution is 7.90. The molecule has 2 aromatic carbocycles. The summed E-state index contributed by atoms with van der Waals surface area (Å²) in [7, 11) is -7.00. The number of sulfonamides is 1. The summed E-state index contributed by atoms with van der Waals surface area (Å²) in [6, 6.07) is 13.2. The zero-order valence-corrected chi connectivity index (χ0v) is 25.5. The van der Waals surface area contributed by atoms with Crippen molar-refractivity contribution in [3.05, 3.63) is 60.9 Å². The van der Waals surface area contributed by atoms with E-state index >= 15 is 0 Å². The Morgan fingerprint density at radius 2 is 1.83 bits per heavy atom. The van der Waals surface area contributed by atoms with Gasteiger partial charge < -0.3 is 19.9 Å². The van der Waals surface area contributed by atoms with Crippen LogP contribution < -0.4 is 10.1 Å². The highest BCUT2D eigenvalue weighted by atomic mass is 32.2. The number of aryl methyl sites for hydroxylation is 1. The van der Waals surface area contributed by atoms with Gasteiger partial charge in [0.1, 0.15) is 18.5 Å². The maximum atomic E-state index is 13.5. The van der Waals surface area contributed by atoms with E-state index in [2.05, 4.69) is 10.4 Å². The molecule has 2 N–H and O–H groups in total. The summed E-state index contributed by atoms with van der Waals surface area (Å²) in [6.45, 7) is 4.25. The number of aliphatic hydroxyl groups is 1. The fourth-order valence-corrected chi connectivity index (χ4v) is 7.62. The molecule has 13 heteroatoms. The lowest BCUT2D eigenvalue weighted by molar-refractivity contribution is -0.0312. The van der Waals surface area contributed by atoms with Crippen LogP contribution in [0.2, 0.25) is 0 Å². The fourth-order valence-electron chi connectivity index (χ4n) is 5.48. The molecule has 3 heterocycles. The number of aromatic nitrogens is 2. The van der Waals surface area contributed by atoms with Gasteiger partial charge in [-0.2, -0.15) is 9.40 Å². The summed E-state index contributed by atoms with van der Waals surface area (Å²) in [6.07, 6.45) is 5.89. The van der Waals surface area contributed by atoms with E-state index in [0.717, 1.165) is 30.3 Å². The third-order valence-electron chi connectivity index (χ3n) is 7.92. The molecule has 1 spiro atoms. The Bertz CT molecular complexity index is 1600. The predicted octanol–water partition coefficient (Wildman–Crippen LogP) is 2.32. The Morgan fingerprint density at radius 1 is 1.10 bits per heavy atom. The van der Waals surface area contributed by atoms with Gasteiger partial charge in [-0.05, 0) is 62.1 Å². The highest BCUT2D eigenvalue weighted by Crippen LogP contribution is 2.37. The van der Waals surface area contributed by atoms with Crippen molar-refractivity contribution in [2.45, 2.75) is 60.3 Å². The first-order valence-corrected chi connectivity index (χ1v) is 17.4. The molecule has 1 unspecified atom stereocenters. The van der Waals surface area contributed by atoms with E-state index in [9.17, 15) is 21.9 Å². The average molecular weight is 619 g/mol. The fraction of sp³-hybridized carbons (Fsp3) is 0.483. The quantitative estimate of drug-likeness (QED) is 0.331. The Morgan fingerprint density at radius 3 is 2.55 bits per heavy atom. The molecule has 11 nitrogen and oxygen atoms in total. The van der Waals surface area contributed by atoms with Crippen LogP contribution in [0.3, 0.4) is 0 Å². The van der Waals surface area contributed by atoms with E-state index in [1.807, 2.05) is 23.9 Å². The molecule has 0 radical (unpaired) electrons. The van der Waals surface area contributed by atoms with E-state index < -0.39 is 31.6 Å². The SMILES string of the molecule is CCn1cc(-c2cccc(S(=O)(=O)N3CCC4(CC3)CC(NC[C@H](O)COc3cccc(S(C)(=O)=O)c3)CO4)c2)cn1. The van der Waals surface area contributed by atoms with Crippen LogP contribution in [-0.2, 0) is 31.1 Å². The molecule has 2 saturated heterocycles. The van der Waals surface area contributed by atoms with E-state index in [4.69, 9.17) is 9.47 Å². The van der Waals surface area contributed by atoms with Gasteiger partial charge in [-0.25, -0.2) is 16.8 Å². The lowest BCUT2D eigenvalue weighted by Crippen LogP contribution is -2.47. The minimum absolute atomic E-state index is 0.00784. The summed E-state index contributed by atoms with van der Waals surface area (Å²) in [5.74, 6) is 0.376. The van der Waals surface area contributed by atoms with Crippen molar-refractivity contribution in [2.75, 3.05) is 39.1 Å². The molecule has 0 amide bonds. The maximum Gasteiger partial charge on any atom is 0.243 e. The lowest BCUT2D eigenvalue weighted by atomic mass is 9.88. The molecule has 5 rings (SSSR count). The second kappa shape index (κ2) is 12.4. The van der Waals surface area contributed by atoms with Gasteiger partial charge in [-0.1, -0.05) is 18.2 Å². The number of aliphatic hydroxyl groups excluding tert-OH is 1. The van der Waals surface area contributed by atoms with Gasteiger partial charge in [0.25, 0.3) is 0 Å². The summed E-state index contributed by atoms with van der Waals surface area (Å²) in [5, 5.41) is 18.0. The molecule has 0 aliphatic carbocycles. The number of nitrogens with zero attached hydrogens (tertiary/aromatic N) is 3. The smallest absolute Gasteiger partial charge is 0.243 e. The summed E-state index contributed by atoms with van der Waals surface area (Å²) in [5.41, 5.74) is 1.29. The van der Waals surface area contributed by atoms with Gasteiger partial charge >= 0.3 is 0 Å². The normalized spacial score (nSPS) is 20.1. The number of nitrogens with one attached hydrogen (secondary N) is 1. The molecule has 0 saturated carbocycles. The van der Waals surface area contributed by atoms with E-state index in [-0.39, 0.29) is 29.0 Å². The zero-order chi connectivity index (χ0) is 30.0. The first-order chi connectivity index (χ1) is 20.0. The highest BCUT2D eigenvalue weighted by Gasteiger charge is 2.44. The molecule has 3 aromatic rings. The minimum Gasteiger partial charge on any atom is -0.491 e. The Hall–Kier alpha value is -2.81. The van der Waals surface area contributed by atoms with E-state index in [1.165, 1.54) is 16.4 Å². The minimum atomic E-state index is -3.66. The molecular formula is C29H38N4O7S2. The predicted molar refractivity (Wildman–Crippen MR) is 157 cm³/mol. The molecular weight excluding hydrogens is 580 g/mol. The Labute approximate surface area is 247 Å². The van der Waals surface area contributed by atoms with E-state index in [1.54, 1.807) is 36.5 Å². The standard InChI is InChI=1S/C29H38N4O7S2/c1-3-32-19-23(17-31-32)22-6-4-9-28(14-22)42(37,38)33-12-10-29(11-13-33)16-24(20-40-29)30-18-25(34)21-39-26-7-5-8-27(15-26)41(2,35)36/h4-9,14-15,17,19,24-25,30,34H,3,10-13,16,18,20-21H2,1-2H3/t24?,25-/m0/s1. The van der Waals surface area contributed by atoms with E-state index in [0.29, 0.717) is 38.3 Å². The molecule has 2 atom stereocenters. The van der Waals surface area contributed by atoms with Crippen LogP contribution in [0.4, 0.5) is 0 Å². The van der Waals surface area contributed by atoms with Crippen molar-refractivity contribution in [3.63, 3.8) is 0 Å². The van der Waals surface area contributed by atoms with Crippen molar-refractivity contribution in [1.82, 2.24) is 19.4 Å². The molecule has 2 aliphatic heterocycles. The summed E-state index contributed by atoms with van der Waals surface area (Å²) < 4.78 is 65.6. The van der Waals surface area contributed by atoms with Crippen LogP contribution in [0, 0.1) is 0 Å². The number of hydrogen-bond donors (Lipinski definition) is 2. The largest absolute Gasteiger partial charge is 0.491 e. The summed E-state index contributed by atoms with van der Waals surface area (Å²) in [4.78, 5) is 0.430. The Balaban J connectivity index is 1.10. The number of sulfone groups is 1. The number of ether oxygens (including phenoxy) is 2. The first kappa shape index (κ1) is 30.6. The molecule has 42 heavy (non-hydrogen) atoms. The third kappa shape index (κ3) is 7.04. The van der Waals surface area contributed by atoms with Gasteiger partial charge in [-0.3, -0.25) is 4.68 Å². The molecule has 2 fully saturated rings. The van der Waals surface area contributed by atoms with Gasteiger partial charge in [0, 0.05) is 50.2 Å². The first-order valence-electron chi connectivity index (χ1n) is 14.1. The van der Waals surface area contributed by atoms with Crippen molar-refractivity contribution in [1.29, 1.82) is 0 Å². The van der Waals surface area contributed by atoms with Crippen LogP contribution >= 0.6 is 0 Å². The number of rotatable bonds is 11. The third-order valence-corrected chi connectivity index (χ3v) is 10.9.